The Morgan fingerprint density at radius 3 is 2.38 bits per heavy atom. The van der Waals surface area contributed by atoms with Gasteiger partial charge in [-0.1, -0.05) is 30.3 Å². The number of pyridine rings is 1. The standard InChI is InChI=1S/C19H16FN3O/c20-16-7-9-17(10-8-16)23-18-11-6-15(13-21-18)19(24)22-12-14-4-2-1-3-5-14/h1-11,13H,12H2,(H,21,23)(H,22,24). The molecule has 0 radical (unpaired) electrons. The summed E-state index contributed by atoms with van der Waals surface area (Å²) in [6, 6.07) is 19.1. The van der Waals surface area contributed by atoms with Crippen molar-refractivity contribution in [2.45, 2.75) is 6.54 Å². The lowest BCUT2D eigenvalue weighted by molar-refractivity contribution is 0.0950. The van der Waals surface area contributed by atoms with Crippen LogP contribution in [0.3, 0.4) is 0 Å². The highest BCUT2D eigenvalue weighted by atomic mass is 19.1. The highest BCUT2D eigenvalue weighted by Crippen LogP contribution is 2.15. The van der Waals surface area contributed by atoms with Gasteiger partial charge in [-0.25, -0.2) is 9.37 Å². The van der Waals surface area contributed by atoms with E-state index in [0.717, 1.165) is 11.3 Å². The van der Waals surface area contributed by atoms with Gasteiger partial charge >= 0.3 is 0 Å². The van der Waals surface area contributed by atoms with Crippen LogP contribution in [0.2, 0.25) is 0 Å². The lowest BCUT2D eigenvalue weighted by Crippen LogP contribution is -2.22. The van der Waals surface area contributed by atoms with Crippen LogP contribution in [0, 0.1) is 5.82 Å². The van der Waals surface area contributed by atoms with E-state index in [9.17, 15) is 9.18 Å². The van der Waals surface area contributed by atoms with Crippen molar-refractivity contribution < 1.29 is 9.18 Å². The maximum absolute atomic E-state index is 12.9. The fraction of sp³-hybridized carbons (Fsp3) is 0.0526. The number of carbonyl (C=O) groups is 1. The number of nitrogens with zero attached hydrogens (tertiary/aromatic N) is 1. The molecular formula is C19H16FN3O. The predicted molar refractivity (Wildman–Crippen MR) is 91.5 cm³/mol. The number of benzene rings is 2. The fourth-order valence-electron chi connectivity index (χ4n) is 2.16. The van der Waals surface area contributed by atoms with Crippen LogP contribution in [0.15, 0.2) is 72.9 Å². The number of aromatic nitrogens is 1. The number of hydrogen-bond acceptors (Lipinski definition) is 3. The Morgan fingerprint density at radius 1 is 0.958 bits per heavy atom. The van der Waals surface area contributed by atoms with Gasteiger partial charge in [0, 0.05) is 18.4 Å². The lowest BCUT2D eigenvalue weighted by atomic mass is 10.2. The first-order valence-electron chi connectivity index (χ1n) is 7.51. The minimum atomic E-state index is -0.293. The third-order valence-electron chi connectivity index (χ3n) is 3.44. The largest absolute Gasteiger partial charge is 0.348 e. The first kappa shape index (κ1) is 15.7. The predicted octanol–water partition coefficient (Wildman–Crippen LogP) is 3.89. The molecule has 5 heteroatoms. The summed E-state index contributed by atoms with van der Waals surface area (Å²) in [7, 11) is 0. The van der Waals surface area contributed by atoms with Gasteiger partial charge in [0.1, 0.15) is 11.6 Å². The van der Waals surface area contributed by atoms with Gasteiger partial charge in [-0.3, -0.25) is 4.79 Å². The highest BCUT2D eigenvalue weighted by Gasteiger charge is 2.06. The molecule has 0 saturated carbocycles. The van der Waals surface area contributed by atoms with E-state index in [1.54, 1.807) is 24.3 Å². The van der Waals surface area contributed by atoms with Crippen molar-refractivity contribution in [2.75, 3.05) is 5.32 Å². The van der Waals surface area contributed by atoms with Crippen molar-refractivity contribution in [1.29, 1.82) is 0 Å². The minimum Gasteiger partial charge on any atom is -0.348 e. The van der Waals surface area contributed by atoms with Crippen LogP contribution in [-0.4, -0.2) is 10.9 Å². The van der Waals surface area contributed by atoms with Gasteiger partial charge in [0.2, 0.25) is 0 Å². The van der Waals surface area contributed by atoms with Crippen LogP contribution in [0.1, 0.15) is 15.9 Å². The number of amides is 1. The van der Waals surface area contributed by atoms with E-state index in [-0.39, 0.29) is 11.7 Å². The molecule has 1 aromatic heterocycles. The summed E-state index contributed by atoms with van der Waals surface area (Å²) in [5.41, 5.74) is 2.24. The second-order valence-corrected chi connectivity index (χ2v) is 5.23. The van der Waals surface area contributed by atoms with E-state index in [1.807, 2.05) is 30.3 Å². The number of anilines is 2. The van der Waals surface area contributed by atoms with Crippen molar-refractivity contribution in [3.05, 3.63) is 89.9 Å². The van der Waals surface area contributed by atoms with Crippen LogP contribution >= 0.6 is 0 Å². The van der Waals surface area contributed by atoms with E-state index < -0.39 is 0 Å². The summed E-state index contributed by atoms with van der Waals surface area (Å²) in [6.07, 6.45) is 1.51. The summed E-state index contributed by atoms with van der Waals surface area (Å²) in [4.78, 5) is 16.3. The molecule has 120 valence electrons. The van der Waals surface area contributed by atoms with Gasteiger partial charge in [0.05, 0.1) is 5.56 Å². The van der Waals surface area contributed by atoms with E-state index in [2.05, 4.69) is 15.6 Å². The number of nitrogens with one attached hydrogen (secondary N) is 2. The molecule has 2 N–H and O–H groups in total. The second-order valence-electron chi connectivity index (χ2n) is 5.23. The summed E-state index contributed by atoms with van der Waals surface area (Å²) < 4.78 is 12.9. The smallest absolute Gasteiger partial charge is 0.253 e. The molecule has 0 aliphatic rings. The Hall–Kier alpha value is -3.21. The number of halogens is 1. The van der Waals surface area contributed by atoms with E-state index >= 15 is 0 Å². The minimum absolute atomic E-state index is 0.181. The molecule has 0 aliphatic heterocycles. The highest BCUT2D eigenvalue weighted by molar-refractivity contribution is 5.94. The average molecular weight is 321 g/mol. The van der Waals surface area contributed by atoms with Crippen molar-refractivity contribution in [1.82, 2.24) is 10.3 Å². The quantitative estimate of drug-likeness (QED) is 0.749. The molecule has 1 heterocycles. The molecule has 0 bridgehead atoms. The fourth-order valence-corrected chi connectivity index (χ4v) is 2.16. The number of hydrogen-bond donors (Lipinski definition) is 2. The van der Waals surface area contributed by atoms with Crippen LogP contribution in [0.5, 0.6) is 0 Å². The zero-order valence-electron chi connectivity index (χ0n) is 12.9. The molecule has 24 heavy (non-hydrogen) atoms. The van der Waals surface area contributed by atoms with Crippen LogP contribution in [0.25, 0.3) is 0 Å². The first-order valence-corrected chi connectivity index (χ1v) is 7.51. The molecule has 4 nitrogen and oxygen atoms in total. The van der Waals surface area contributed by atoms with Crippen LogP contribution in [0.4, 0.5) is 15.9 Å². The lowest BCUT2D eigenvalue weighted by Gasteiger charge is -2.07. The van der Waals surface area contributed by atoms with Crippen LogP contribution < -0.4 is 10.6 Å². The van der Waals surface area contributed by atoms with Gasteiger partial charge in [0.25, 0.3) is 5.91 Å². The molecule has 0 spiro atoms. The van der Waals surface area contributed by atoms with E-state index in [1.165, 1.54) is 18.3 Å². The van der Waals surface area contributed by atoms with Crippen LogP contribution in [-0.2, 0) is 6.54 Å². The van der Waals surface area contributed by atoms with Crippen molar-refractivity contribution in [3.8, 4) is 0 Å². The summed E-state index contributed by atoms with van der Waals surface area (Å²) in [6.45, 7) is 0.468. The molecule has 3 rings (SSSR count). The van der Waals surface area contributed by atoms with Gasteiger partial charge in [-0.15, -0.1) is 0 Å². The monoisotopic (exact) mass is 321 g/mol. The third kappa shape index (κ3) is 4.16. The Bertz CT molecular complexity index is 802. The maximum Gasteiger partial charge on any atom is 0.253 e. The van der Waals surface area contributed by atoms with Gasteiger partial charge < -0.3 is 10.6 Å². The Kier molecular flexibility index (Phi) is 4.81. The number of rotatable bonds is 5. The van der Waals surface area contributed by atoms with Crippen molar-refractivity contribution >= 4 is 17.4 Å². The van der Waals surface area contributed by atoms with Gasteiger partial charge in [0.15, 0.2) is 0 Å². The second kappa shape index (κ2) is 7.37. The summed E-state index contributed by atoms with van der Waals surface area (Å²) >= 11 is 0. The zero-order valence-corrected chi connectivity index (χ0v) is 12.9. The SMILES string of the molecule is O=C(NCc1ccccc1)c1ccc(Nc2ccc(F)cc2)nc1. The average Bonchev–Trinajstić information content (AvgIpc) is 2.63. The molecule has 2 aromatic carbocycles. The van der Waals surface area contributed by atoms with Crippen molar-refractivity contribution in [3.63, 3.8) is 0 Å². The molecule has 0 fully saturated rings. The zero-order chi connectivity index (χ0) is 16.8. The molecular weight excluding hydrogens is 305 g/mol. The molecule has 3 aromatic rings. The van der Waals surface area contributed by atoms with E-state index in [0.29, 0.717) is 17.9 Å². The third-order valence-corrected chi connectivity index (χ3v) is 3.44. The summed E-state index contributed by atoms with van der Waals surface area (Å²) in [5, 5.41) is 5.90. The normalized spacial score (nSPS) is 10.2. The number of carbonyl (C=O) groups excluding carboxylic acids is 1. The summed E-state index contributed by atoms with van der Waals surface area (Å²) in [5.74, 6) is 0.111. The van der Waals surface area contributed by atoms with Crippen molar-refractivity contribution in [2.24, 2.45) is 0 Å². The maximum atomic E-state index is 12.9. The Morgan fingerprint density at radius 2 is 1.71 bits per heavy atom. The van der Waals surface area contributed by atoms with Gasteiger partial charge in [-0.2, -0.15) is 0 Å². The molecule has 0 unspecified atom stereocenters. The Balaban J connectivity index is 1.59. The molecule has 0 saturated heterocycles. The first-order chi connectivity index (χ1) is 11.7. The van der Waals surface area contributed by atoms with Gasteiger partial charge in [-0.05, 0) is 42.0 Å². The molecule has 0 atom stereocenters. The molecule has 0 aliphatic carbocycles. The van der Waals surface area contributed by atoms with E-state index in [4.69, 9.17) is 0 Å². The topological polar surface area (TPSA) is 54.0 Å². The molecule has 1 amide bonds. The Labute approximate surface area is 139 Å².